The molecule has 0 aliphatic carbocycles. The van der Waals surface area contributed by atoms with E-state index in [2.05, 4.69) is 5.32 Å². The Balaban J connectivity index is 1.90. The lowest BCUT2D eigenvalue weighted by Crippen LogP contribution is -2.14. The number of carboxylic acid groups (broad SMARTS) is 1. The van der Waals surface area contributed by atoms with Crippen LogP contribution in [0.2, 0.25) is 0 Å². The first-order chi connectivity index (χ1) is 12.0. The Hall–Kier alpha value is -3.37. The number of esters is 1. The van der Waals surface area contributed by atoms with Crippen LogP contribution < -0.4 is 5.32 Å². The minimum atomic E-state index is -1.13. The van der Waals surface area contributed by atoms with Gasteiger partial charge in [-0.2, -0.15) is 5.26 Å². The van der Waals surface area contributed by atoms with Gasteiger partial charge in [0.1, 0.15) is 0 Å². The van der Waals surface area contributed by atoms with Crippen molar-refractivity contribution in [3.8, 4) is 6.07 Å². The van der Waals surface area contributed by atoms with Gasteiger partial charge < -0.3 is 20.3 Å². The molecule has 0 atom stereocenters. The van der Waals surface area contributed by atoms with E-state index in [0.29, 0.717) is 22.4 Å². The van der Waals surface area contributed by atoms with Crippen molar-refractivity contribution in [1.82, 2.24) is 0 Å². The molecule has 0 aliphatic heterocycles. The number of nitrogens with zero attached hydrogens (tertiary/aromatic N) is 1. The molecule has 0 fully saturated rings. The van der Waals surface area contributed by atoms with Crippen LogP contribution in [0.15, 0.2) is 42.5 Å². The number of carboxylic acids is 1. The first kappa shape index (κ1) is 18.0. The minimum absolute atomic E-state index is 0.00468. The molecule has 0 amide bonds. The van der Waals surface area contributed by atoms with Gasteiger partial charge in [-0.25, -0.2) is 4.79 Å². The predicted molar refractivity (Wildman–Crippen MR) is 88.8 cm³/mol. The molecule has 0 saturated carbocycles. The number of aromatic carboxylic acids is 1. The van der Waals surface area contributed by atoms with E-state index >= 15 is 0 Å². The molecule has 0 aromatic heterocycles. The number of benzene rings is 2. The average molecular weight is 340 g/mol. The molecule has 2 rings (SSSR count). The average Bonchev–Trinajstić information content (AvgIpc) is 2.61. The lowest BCUT2D eigenvalue weighted by Gasteiger charge is -2.09. The summed E-state index contributed by atoms with van der Waals surface area (Å²) in [4.78, 5) is 22.9. The highest BCUT2D eigenvalue weighted by Crippen LogP contribution is 2.13. The molecule has 0 radical (unpaired) electrons. The molecule has 3 N–H and O–H groups in total. The largest absolute Gasteiger partial charge is 0.478 e. The van der Waals surface area contributed by atoms with Gasteiger partial charge in [0, 0.05) is 5.69 Å². The highest BCUT2D eigenvalue weighted by molar-refractivity contribution is 5.88. The Morgan fingerprint density at radius 3 is 2.40 bits per heavy atom. The molecule has 7 nitrogen and oxygen atoms in total. The molecular formula is C18H16N2O5. The number of carbonyl (C=O) groups is 2. The topological polar surface area (TPSA) is 120 Å². The molecule has 2 aromatic rings. The van der Waals surface area contributed by atoms with Gasteiger partial charge in [0.05, 0.1) is 30.2 Å². The van der Waals surface area contributed by atoms with Crippen molar-refractivity contribution in [3.63, 3.8) is 0 Å². The zero-order valence-corrected chi connectivity index (χ0v) is 13.2. The molecule has 2 aromatic carbocycles. The van der Waals surface area contributed by atoms with E-state index in [9.17, 15) is 9.59 Å². The fraction of sp³-hybridized carbons (Fsp3) is 0.167. The minimum Gasteiger partial charge on any atom is -0.478 e. The summed E-state index contributed by atoms with van der Waals surface area (Å²) in [6.07, 6.45) is -0.108. The van der Waals surface area contributed by atoms with Gasteiger partial charge in [-0.1, -0.05) is 6.07 Å². The second-order valence-electron chi connectivity index (χ2n) is 5.20. The van der Waals surface area contributed by atoms with Crippen molar-refractivity contribution in [2.24, 2.45) is 0 Å². The Morgan fingerprint density at radius 1 is 1.12 bits per heavy atom. The molecule has 0 aliphatic rings. The Kier molecular flexibility index (Phi) is 6.09. The van der Waals surface area contributed by atoms with Crippen LogP contribution in [0.3, 0.4) is 0 Å². The van der Waals surface area contributed by atoms with Crippen LogP contribution >= 0.6 is 0 Å². The maximum Gasteiger partial charge on any atom is 0.335 e. The molecule has 128 valence electrons. The second kappa shape index (κ2) is 8.47. The monoisotopic (exact) mass is 340 g/mol. The van der Waals surface area contributed by atoms with Crippen molar-refractivity contribution in [1.29, 1.82) is 5.26 Å². The Bertz CT molecular complexity index is 809. The summed E-state index contributed by atoms with van der Waals surface area (Å²) >= 11 is 0. The number of aliphatic hydroxyl groups excluding tert-OH is 1. The third kappa shape index (κ3) is 5.34. The van der Waals surface area contributed by atoms with Crippen molar-refractivity contribution < 1.29 is 24.5 Å². The normalized spacial score (nSPS) is 9.92. The van der Waals surface area contributed by atoms with E-state index in [0.717, 1.165) is 0 Å². The van der Waals surface area contributed by atoms with E-state index in [1.54, 1.807) is 30.3 Å². The highest BCUT2D eigenvalue weighted by atomic mass is 16.5. The fourth-order valence-electron chi connectivity index (χ4n) is 2.16. The van der Waals surface area contributed by atoms with Gasteiger partial charge in [0.15, 0.2) is 6.73 Å². The van der Waals surface area contributed by atoms with Crippen LogP contribution in [-0.4, -0.2) is 28.9 Å². The van der Waals surface area contributed by atoms with E-state index in [-0.39, 0.29) is 25.3 Å². The first-order valence-corrected chi connectivity index (χ1v) is 7.38. The standard InChI is InChI=1S/C18H16N2O5/c19-9-12-1-3-16(4-2-12)20-11-25-17(22)8-13-5-14(10-21)7-15(6-13)18(23)24/h1-7,20-21H,8,10-11H2,(H,23,24). The summed E-state index contributed by atoms with van der Waals surface area (Å²) in [7, 11) is 0. The van der Waals surface area contributed by atoms with Gasteiger partial charge in [0.2, 0.25) is 0 Å². The maximum atomic E-state index is 11.9. The van der Waals surface area contributed by atoms with Crippen LogP contribution in [0.1, 0.15) is 27.0 Å². The van der Waals surface area contributed by atoms with Gasteiger partial charge in [-0.3, -0.25) is 4.79 Å². The van der Waals surface area contributed by atoms with Crippen molar-refractivity contribution in [3.05, 3.63) is 64.7 Å². The van der Waals surface area contributed by atoms with Crippen molar-refractivity contribution in [2.75, 3.05) is 12.0 Å². The number of aliphatic hydroxyl groups is 1. The lowest BCUT2D eigenvalue weighted by molar-refractivity contribution is -0.142. The maximum absolute atomic E-state index is 11.9. The van der Waals surface area contributed by atoms with Crippen molar-refractivity contribution >= 4 is 17.6 Å². The summed E-state index contributed by atoms with van der Waals surface area (Å²) in [6, 6.07) is 12.9. The van der Waals surface area contributed by atoms with E-state index < -0.39 is 11.9 Å². The summed E-state index contributed by atoms with van der Waals surface area (Å²) in [5.41, 5.74) is 2.10. The van der Waals surface area contributed by atoms with E-state index in [1.807, 2.05) is 6.07 Å². The molecular weight excluding hydrogens is 324 g/mol. The Labute approximate surface area is 144 Å². The molecule has 0 heterocycles. The lowest BCUT2D eigenvalue weighted by atomic mass is 10.0. The molecule has 0 spiro atoms. The third-order valence-corrected chi connectivity index (χ3v) is 3.35. The van der Waals surface area contributed by atoms with Crippen LogP contribution in [-0.2, 0) is 22.6 Å². The molecule has 7 heteroatoms. The number of hydrogen-bond donors (Lipinski definition) is 3. The van der Waals surface area contributed by atoms with Gasteiger partial charge in [-0.05, 0) is 47.5 Å². The fourth-order valence-corrected chi connectivity index (χ4v) is 2.16. The number of carbonyl (C=O) groups excluding carboxylic acids is 1. The number of ether oxygens (including phenoxy) is 1. The summed E-state index contributed by atoms with van der Waals surface area (Å²) in [6.45, 7) is -0.375. The van der Waals surface area contributed by atoms with Crippen LogP contribution in [0, 0.1) is 11.3 Å². The highest BCUT2D eigenvalue weighted by Gasteiger charge is 2.10. The molecule has 0 unspecified atom stereocenters. The molecule has 25 heavy (non-hydrogen) atoms. The Morgan fingerprint density at radius 2 is 1.80 bits per heavy atom. The van der Waals surface area contributed by atoms with Crippen molar-refractivity contribution in [2.45, 2.75) is 13.0 Å². The first-order valence-electron chi connectivity index (χ1n) is 7.38. The number of hydrogen-bond acceptors (Lipinski definition) is 6. The van der Waals surface area contributed by atoms with Crippen LogP contribution in [0.4, 0.5) is 5.69 Å². The van der Waals surface area contributed by atoms with E-state index in [1.165, 1.54) is 12.1 Å². The third-order valence-electron chi connectivity index (χ3n) is 3.35. The van der Waals surface area contributed by atoms with Gasteiger partial charge in [0.25, 0.3) is 0 Å². The predicted octanol–water partition coefficient (Wildman–Crippen LogP) is 1.90. The SMILES string of the molecule is N#Cc1ccc(NCOC(=O)Cc2cc(CO)cc(C(=O)O)c2)cc1. The smallest absolute Gasteiger partial charge is 0.335 e. The molecule has 0 bridgehead atoms. The number of anilines is 1. The van der Waals surface area contributed by atoms with E-state index in [4.69, 9.17) is 20.2 Å². The van der Waals surface area contributed by atoms with Gasteiger partial charge in [-0.15, -0.1) is 0 Å². The summed E-state index contributed by atoms with van der Waals surface area (Å²) in [5, 5.41) is 29.8. The molecule has 0 saturated heterocycles. The zero-order valence-electron chi connectivity index (χ0n) is 13.2. The summed E-state index contributed by atoms with van der Waals surface area (Å²) < 4.78 is 5.06. The van der Waals surface area contributed by atoms with Crippen LogP contribution in [0.25, 0.3) is 0 Å². The second-order valence-corrected chi connectivity index (χ2v) is 5.20. The van der Waals surface area contributed by atoms with Gasteiger partial charge >= 0.3 is 11.9 Å². The quantitative estimate of drug-likeness (QED) is 0.520. The number of rotatable bonds is 7. The van der Waals surface area contributed by atoms with Crippen LogP contribution in [0.5, 0.6) is 0 Å². The number of nitriles is 1. The zero-order chi connectivity index (χ0) is 18.2. The summed E-state index contributed by atoms with van der Waals surface area (Å²) in [5.74, 6) is -1.67. The number of nitrogens with one attached hydrogen (secondary N) is 1.